The number of rotatable bonds is 2. The standard InChI is InChI=1S/C12H17N3O.2ClH/c1-9-4-2-6-11(14-9)12(16)15-10-5-3-7-13-8-10;;/h2,4,6,10,13H,3,5,7-8H2,1H3,(H,15,16);2*1H/t10-;;/m0../s1. The van der Waals surface area contributed by atoms with Crippen LogP contribution in [0.3, 0.4) is 0 Å². The van der Waals surface area contributed by atoms with Crippen LogP contribution in [0.5, 0.6) is 0 Å². The van der Waals surface area contributed by atoms with Crippen LogP contribution in [-0.4, -0.2) is 30.0 Å². The summed E-state index contributed by atoms with van der Waals surface area (Å²) in [5.74, 6) is -0.0719. The van der Waals surface area contributed by atoms with E-state index in [1.54, 1.807) is 6.07 Å². The Hall–Kier alpha value is -0.840. The molecule has 4 nitrogen and oxygen atoms in total. The summed E-state index contributed by atoms with van der Waals surface area (Å²) in [5, 5.41) is 6.27. The number of hydrogen-bond donors (Lipinski definition) is 2. The second-order valence-electron chi connectivity index (χ2n) is 4.18. The Morgan fingerprint density at radius 1 is 1.44 bits per heavy atom. The van der Waals surface area contributed by atoms with E-state index in [2.05, 4.69) is 15.6 Å². The predicted molar refractivity (Wildman–Crippen MR) is 76.8 cm³/mol. The number of hydrogen-bond acceptors (Lipinski definition) is 3. The first-order valence-electron chi connectivity index (χ1n) is 5.71. The normalized spacial score (nSPS) is 18.2. The molecule has 0 saturated carbocycles. The van der Waals surface area contributed by atoms with Crippen LogP contribution in [0.15, 0.2) is 18.2 Å². The third-order valence-electron chi connectivity index (χ3n) is 2.75. The number of carbonyl (C=O) groups excluding carboxylic acids is 1. The van der Waals surface area contributed by atoms with Crippen molar-refractivity contribution >= 4 is 30.7 Å². The molecule has 18 heavy (non-hydrogen) atoms. The first-order chi connectivity index (χ1) is 7.75. The van der Waals surface area contributed by atoms with Gasteiger partial charge in [-0.3, -0.25) is 4.79 Å². The van der Waals surface area contributed by atoms with Gasteiger partial charge in [0.1, 0.15) is 5.69 Å². The third-order valence-corrected chi connectivity index (χ3v) is 2.75. The Morgan fingerprint density at radius 2 is 2.22 bits per heavy atom. The summed E-state index contributed by atoms with van der Waals surface area (Å²) >= 11 is 0. The fourth-order valence-corrected chi connectivity index (χ4v) is 1.90. The van der Waals surface area contributed by atoms with Crippen molar-refractivity contribution in [2.24, 2.45) is 0 Å². The lowest BCUT2D eigenvalue weighted by Crippen LogP contribution is -2.45. The van der Waals surface area contributed by atoms with Crippen molar-refractivity contribution in [2.45, 2.75) is 25.8 Å². The maximum Gasteiger partial charge on any atom is 0.270 e. The Kier molecular flexibility index (Phi) is 7.91. The van der Waals surface area contributed by atoms with E-state index in [1.165, 1.54) is 0 Å². The molecule has 1 aliphatic rings. The van der Waals surface area contributed by atoms with E-state index in [0.717, 1.165) is 31.6 Å². The number of aromatic nitrogens is 1. The number of nitrogens with one attached hydrogen (secondary N) is 2. The highest BCUT2D eigenvalue weighted by atomic mass is 35.5. The van der Waals surface area contributed by atoms with Crippen LogP contribution < -0.4 is 10.6 Å². The summed E-state index contributed by atoms with van der Waals surface area (Å²) < 4.78 is 0. The average molecular weight is 292 g/mol. The molecule has 2 rings (SSSR count). The highest BCUT2D eigenvalue weighted by molar-refractivity contribution is 5.92. The van der Waals surface area contributed by atoms with E-state index >= 15 is 0 Å². The molecule has 0 aromatic carbocycles. The number of pyridine rings is 1. The molecule has 1 amide bonds. The van der Waals surface area contributed by atoms with Gasteiger partial charge in [0, 0.05) is 18.3 Å². The minimum Gasteiger partial charge on any atom is -0.347 e. The Balaban J connectivity index is 0.00000144. The van der Waals surface area contributed by atoms with Crippen LogP contribution in [0, 0.1) is 6.92 Å². The lowest BCUT2D eigenvalue weighted by Gasteiger charge is -2.23. The van der Waals surface area contributed by atoms with Gasteiger partial charge in [0.2, 0.25) is 0 Å². The molecule has 1 aromatic rings. The van der Waals surface area contributed by atoms with Crippen LogP contribution in [0.25, 0.3) is 0 Å². The van der Waals surface area contributed by atoms with Gasteiger partial charge in [0.05, 0.1) is 0 Å². The fraction of sp³-hybridized carbons (Fsp3) is 0.500. The second-order valence-corrected chi connectivity index (χ2v) is 4.18. The van der Waals surface area contributed by atoms with Gasteiger partial charge in [0.25, 0.3) is 5.91 Å². The summed E-state index contributed by atoms with van der Waals surface area (Å²) in [6, 6.07) is 5.73. The zero-order valence-electron chi connectivity index (χ0n) is 10.3. The molecule has 1 aliphatic heterocycles. The molecule has 1 atom stereocenters. The summed E-state index contributed by atoms with van der Waals surface area (Å²) in [6.07, 6.45) is 2.16. The fourth-order valence-electron chi connectivity index (χ4n) is 1.90. The number of carbonyl (C=O) groups is 1. The van der Waals surface area contributed by atoms with E-state index in [4.69, 9.17) is 0 Å². The minimum atomic E-state index is -0.0719. The highest BCUT2D eigenvalue weighted by Gasteiger charge is 2.16. The Labute approximate surface area is 120 Å². The Morgan fingerprint density at radius 3 is 2.83 bits per heavy atom. The summed E-state index contributed by atoms with van der Waals surface area (Å²) in [5.41, 5.74) is 1.37. The maximum absolute atomic E-state index is 11.9. The van der Waals surface area contributed by atoms with E-state index in [9.17, 15) is 4.79 Å². The molecule has 2 N–H and O–H groups in total. The van der Waals surface area contributed by atoms with Crippen molar-refractivity contribution in [2.75, 3.05) is 13.1 Å². The number of piperidine rings is 1. The number of halogens is 2. The van der Waals surface area contributed by atoms with Gasteiger partial charge in [0.15, 0.2) is 0 Å². The van der Waals surface area contributed by atoms with Gasteiger partial charge in [-0.05, 0) is 38.4 Å². The molecule has 6 heteroatoms. The molecule has 102 valence electrons. The molecule has 0 bridgehead atoms. The Bertz CT molecular complexity index is 381. The molecular weight excluding hydrogens is 273 g/mol. The summed E-state index contributed by atoms with van der Waals surface area (Å²) in [6.45, 7) is 3.80. The molecule has 2 heterocycles. The topological polar surface area (TPSA) is 54.0 Å². The van der Waals surface area contributed by atoms with Gasteiger partial charge >= 0.3 is 0 Å². The van der Waals surface area contributed by atoms with Crippen molar-refractivity contribution in [3.63, 3.8) is 0 Å². The van der Waals surface area contributed by atoms with Crippen LogP contribution in [0.4, 0.5) is 0 Å². The van der Waals surface area contributed by atoms with Crippen LogP contribution >= 0.6 is 24.8 Å². The SMILES string of the molecule is Cc1cccc(C(=O)N[C@H]2CCCNC2)n1.Cl.Cl. The van der Waals surface area contributed by atoms with E-state index in [-0.39, 0.29) is 36.8 Å². The van der Waals surface area contributed by atoms with Crippen molar-refractivity contribution in [1.29, 1.82) is 0 Å². The maximum atomic E-state index is 11.9. The van der Waals surface area contributed by atoms with Gasteiger partial charge < -0.3 is 10.6 Å². The molecule has 1 fully saturated rings. The quantitative estimate of drug-likeness (QED) is 0.872. The highest BCUT2D eigenvalue weighted by Crippen LogP contribution is 2.03. The van der Waals surface area contributed by atoms with Crippen molar-refractivity contribution in [3.05, 3.63) is 29.6 Å². The van der Waals surface area contributed by atoms with E-state index < -0.39 is 0 Å². The predicted octanol–water partition coefficient (Wildman–Crippen LogP) is 1.72. The molecule has 1 saturated heterocycles. The van der Waals surface area contributed by atoms with Gasteiger partial charge in [-0.25, -0.2) is 4.98 Å². The van der Waals surface area contributed by atoms with Crippen molar-refractivity contribution in [1.82, 2.24) is 15.6 Å². The number of nitrogens with zero attached hydrogens (tertiary/aromatic N) is 1. The first kappa shape index (κ1) is 17.2. The number of aryl methyl sites for hydroxylation is 1. The van der Waals surface area contributed by atoms with E-state index in [1.807, 2.05) is 19.1 Å². The van der Waals surface area contributed by atoms with Gasteiger partial charge in [-0.15, -0.1) is 24.8 Å². The molecule has 0 unspecified atom stereocenters. The smallest absolute Gasteiger partial charge is 0.270 e. The molecule has 1 aromatic heterocycles. The van der Waals surface area contributed by atoms with E-state index in [0.29, 0.717) is 5.69 Å². The van der Waals surface area contributed by atoms with Gasteiger partial charge in [-0.2, -0.15) is 0 Å². The van der Waals surface area contributed by atoms with Crippen molar-refractivity contribution < 1.29 is 4.79 Å². The van der Waals surface area contributed by atoms with Crippen LogP contribution in [0.2, 0.25) is 0 Å². The third kappa shape index (κ3) is 4.80. The lowest BCUT2D eigenvalue weighted by atomic mass is 10.1. The molecule has 0 spiro atoms. The summed E-state index contributed by atoms with van der Waals surface area (Å²) in [4.78, 5) is 16.1. The van der Waals surface area contributed by atoms with Gasteiger partial charge in [-0.1, -0.05) is 6.07 Å². The van der Waals surface area contributed by atoms with Crippen molar-refractivity contribution in [3.8, 4) is 0 Å². The summed E-state index contributed by atoms with van der Waals surface area (Å²) in [7, 11) is 0. The monoisotopic (exact) mass is 291 g/mol. The molecular formula is C12H19Cl2N3O. The zero-order chi connectivity index (χ0) is 11.4. The molecule has 0 aliphatic carbocycles. The number of amides is 1. The first-order valence-corrected chi connectivity index (χ1v) is 5.71. The minimum absolute atomic E-state index is 0. The van der Waals surface area contributed by atoms with Crippen LogP contribution in [-0.2, 0) is 0 Å². The second kappa shape index (κ2) is 8.29. The van der Waals surface area contributed by atoms with Crippen LogP contribution in [0.1, 0.15) is 29.0 Å². The molecule has 0 radical (unpaired) electrons. The average Bonchev–Trinajstić information content (AvgIpc) is 2.30. The lowest BCUT2D eigenvalue weighted by molar-refractivity contribution is 0.0925. The largest absolute Gasteiger partial charge is 0.347 e. The zero-order valence-corrected chi connectivity index (χ0v) is 11.9.